The van der Waals surface area contributed by atoms with Crippen molar-refractivity contribution in [3.8, 4) is 5.69 Å². The first kappa shape index (κ1) is 21.7. The van der Waals surface area contributed by atoms with Crippen LogP contribution >= 0.6 is 22.9 Å². The van der Waals surface area contributed by atoms with Gasteiger partial charge in [-0.2, -0.15) is 9.78 Å². The molecule has 32 heavy (non-hydrogen) atoms. The Kier molecular flexibility index (Phi) is 6.07. The van der Waals surface area contributed by atoms with Crippen LogP contribution in [0.1, 0.15) is 33.3 Å². The van der Waals surface area contributed by atoms with E-state index in [-0.39, 0.29) is 23.6 Å². The van der Waals surface area contributed by atoms with Crippen molar-refractivity contribution in [1.82, 2.24) is 9.78 Å². The molecule has 0 fully saturated rings. The minimum Gasteiger partial charge on any atom is -0.461 e. The Morgan fingerprint density at radius 1 is 1.19 bits per heavy atom. The van der Waals surface area contributed by atoms with E-state index in [9.17, 15) is 14.4 Å². The lowest BCUT2D eigenvalue weighted by Crippen LogP contribution is -2.25. The van der Waals surface area contributed by atoms with Crippen molar-refractivity contribution in [3.05, 3.63) is 86.1 Å². The zero-order valence-corrected chi connectivity index (χ0v) is 18.8. The summed E-state index contributed by atoms with van der Waals surface area (Å²) in [5.41, 5.74) is 1.35. The van der Waals surface area contributed by atoms with Crippen molar-refractivity contribution < 1.29 is 14.3 Å². The van der Waals surface area contributed by atoms with Gasteiger partial charge in [0.15, 0.2) is 5.69 Å². The van der Waals surface area contributed by atoms with Crippen molar-refractivity contribution in [2.24, 2.45) is 0 Å². The molecule has 0 saturated carbocycles. The lowest BCUT2D eigenvalue weighted by Gasteiger charge is -2.10. The maximum absolute atomic E-state index is 13.4. The topological polar surface area (TPSA) is 90.3 Å². The van der Waals surface area contributed by atoms with Gasteiger partial charge < -0.3 is 10.1 Å². The normalized spacial score (nSPS) is 10.8. The first-order valence-corrected chi connectivity index (χ1v) is 11.0. The summed E-state index contributed by atoms with van der Waals surface area (Å²) in [6.07, 6.45) is 0. The Balaban J connectivity index is 1.88. The largest absolute Gasteiger partial charge is 0.461 e. The molecule has 0 radical (unpaired) electrons. The highest BCUT2D eigenvalue weighted by molar-refractivity contribution is 7.16. The highest BCUT2D eigenvalue weighted by Crippen LogP contribution is 2.31. The van der Waals surface area contributed by atoms with Gasteiger partial charge in [0.1, 0.15) is 5.00 Å². The SMILES string of the molecule is CCOC(=O)c1nn(-c2cccc(Cl)c2)c(=O)c2c(NC(=O)c3ccc(C)cc3)scc12. The smallest absolute Gasteiger partial charge is 0.359 e. The molecule has 2 aromatic carbocycles. The summed E-state index contributed by atoms with van der Waals surface area (Å²) < 4.78 is 6.23. The molecule has 2 heterocycles. The molecule has 4 rings (SSSR count). The van der Waals surface area contributed by atoms with Crippen LogP contribution in [0.5, 0.6) is 0 Å². The summed E-state index contributed by atoms with van der Waals surface area (Å²) in [6.45, 7) is 3.76. The number of carbonyl (C=O) groups excluding carboxylic acids is 2. The second kappa shape index (κ2) is 8.94. The van der Waals surface area contributed by atoms with E-state index in [2.05, 4.69) is 10.4 Å². The van der Waals surface area contributed by atoms with Crippen molar-refractivity contribution >= 4 is 50.6 Å². The van der Waals surface area contributed by atoms with Gasteiger partial charge in [0.05, 0.1) is 17.7 Å². The predicted molar refractivity (Wildman–Crippen MR) is 125 cm³/mol. The molecular weight excluding hydrogens is 450 g/mol. The molecule has 0 aliphatic carbocycles. The van der Waals surface area contributed by atoms with Gasteiger partial charge in [-0.3, -0.25) is 9.59 Å². The van der Waals surface area contributed by atoms with E-state index < -0.39 is 11.5 Å². The predicted octanol–water partition coefficient (Wildman–Crippen LogP) is 4.84. The summed E-state index contributed by atoms with van der Waals surface area (Å²) >= 11 is 7.23. The van der Waals surface area contributed by atoms with Crippen LogP contribution in [0.15, 0.2) is 58.7 Å². The van der Waals surface area contributed by atoms with E-state index in [0.29, 0.717) is 26.7 Å². The van der Waals surface area contributed by atoms with Gasteiger partial charge in [0.25, 0.3) is 11.5 Å². The van der Waals surface area contributed by atoms with Crippen molar-refractivity contribution in [2.45, 2.75) is 13.8 Å². The zero-order chi connectivity index (χ0) is 22.8. The first-order valence-electron chi connectivity index (χ1n) is 9.74. The summed E-state index contributed by atoms with van der Waals surface area (Å²) in [5, 5.41) is 9.88. The number of nitrogens with one attached hydrogen (secondary N) is 1. The quantitative estimate of drug-likeness (QED) is 0.424. The highest BCUT2D eigenvalue weighted by Gasteiger charge is 2.23. The molecule has 1 amide bonds. The van der Waals surface area contributed by atoms with Crippen molar-refractivity contribution in [3.63, 3.8) is 0 Å². The number of fused-ring (bicyclic) bond motifs is 1. The fourth-order valence-corrected chi connectivity index (χ4v) is 4.27. The van der Waals surface area contributed by atoms with Gasteiger partial charge in [0.2, 0.25) is 0 Å². The van der Waals surface area contributed by atoms with E-state index in [1.165, 1.54) is 0 Å². The molecule has 162 valence electrons. The molecule has 2 aromatic heterocycles. The summed E-state index contributed by atoms with van der Waals surface area (Å²) in [7, 11) is 0. The van der Waals surface area contributed by atoms with Crippen molar-refractivity contribution in [1.29, 1.82) is 0 Å². The number of carbonyl (C=O) groups is 2. The molecule has 0 aliphatic rings. The van der Waals surface area contributed by atoms with Gasteiger partial charge in [-0.15, -0.1) is 11.3 Å². The number of thiophene rings is 1. The van der Waals surface area contributed by atoms with Crippen LogP contribution in [0.4, 0.5) is 5.00 Å². The van der Waals surface area contributed by atoms with E-state index in [0.717, 1.165) is 21.6 Å². The van der Waals surface area contributed by atoms with Gasteiger partial charge in [0, 0.05) is 21.4 Å². The average molecular weight is 468 g/mol. The first-order chi connectivity index (χ1) is 15.4. The average Bonchev–Trinajstić information content (AvgIpc) is 3.18. The Hall–Kier alpha value is -3.49. The summed E-state index contributed by atoms with van der Waals surface area (Å²) in [4.78, 5) is 38.7. The Morgan fingerprint density at radius 3 is 2.62 bits per heavy atom. The maximum Gasteiger partial charge on any atom is 0.359 e. The molecule has 7 nitrogen and oxygen atoms in total. The van der Waals surface area contributed by atoms with E-state index in [1.807, 2.05) is 19.1 Å². The van der Waals surface area contributed by atoms with Crippen LogP contribution in [0, 0.1) is 6.92 Å². The molecule has 0 saturated heterocycles. The fraction of sp³-hybridized carbons (Fsp3) is 0.130. The van der Waals surface area contributed by atoms with Crippen LogP contribution in [0.25, 0.3) is 16.5 Å². The van der Waals surface area contributed by atoms with Gasteiger partial charge in [-0.1, -0.05) is 35.4 Å². The molecule has 0 spiro atoms. The van der Waals surface area contributed by atoms with E-state index in [4.69, 9.17) is 16.3 Å². The number of rotatable bonds is 5. The fourth-order valence-electron chi connectivity index (χ4n) is 3.16. The van der Waals surface area contributed by atoms with Crippen LogP contribution in [-0.4, -0.2) is 28.3 Å². The van der Waals surface area contributed by atoms with Gasteiger partial charge >= 0.3 is 5.97 Å². The standard InChI is InChI=1S/C23H18ClN3O4S/c1-3-31-23(30)19-17-12-32-21(25-20(28)14-9-7-13(2)8-10-14)18(17)22(29)27(26-19)16-6-4-5-15(24)11-16/h4-12H,3H2,1-2H3,(H,25,28). The van der Waals surface area contributed by atoms with Gasteiger partial charge in [-0.25, -0.2) is 4.79 Å². The summed E-state index contributed by atoms with van der Waals surface area (Å²) in [5.74, 6) is -1.03. The second-order valence-electron chi connectivity index (χ2n) is 6.94. The molecular formula is C23H18ClN3O4S. The minimum absolute atomic E-state index is 0.0199. The Labute approximate surface area is 192 Å². The van der Waals surface area contributed by atoms with Crippen LogP contribution in [-0.2, 0) is 4.74 Å². The molecule has 0 atom stereocenters. The number of halogens is 1. The van der Waals surface area contributed by atoms with Crippen LogP contribution in [0.3, 0.4) is 0 Å². The third-order valence-corrected chi connectivity index (χ3v) is 5.85. The lowest BCUT2D eigenvalue weighted by molar-refractivity contribution is 0.0520. The number of hydrogen-bond acceptors (Lipinski definition) is 6. The van der Waals surface area contributed by atoms with Crippen LogP contribution < -0.4 is 10.9 Å². The summed E-state index contributed by atoms with van der Waals surface area (Å²) in [6, 6.07) is 13.6. The number of aromatic nitrogens is 2. The van der Waals surface area contributed by atoms with E-state index in [1.54, 1.807) is 48.7 Å². The van der Waals surface area contributed by atoms with Crippen LogP contribution in [0.2, 0.25) is 5.02 Å². The molecule has 1 N–H and O–H groups in total. The second-order valence-corrected chi connectivity index (χ2v) is 8.26. The number of hydrogen-bond donors (Lipinski definition) is 1. The third-order valence-electron chi connectivity index (χ3n) is 4.71. The monoisotopic (exact) mass is 467 g/mol. The zero-order valence-electron chi connectivity index (χ0n) is 17.2. The molecule has 0 aliphatic heterocycles. The third kappa shape index (κ3) is 4.15. The van der Waals surface area contributed by atoms with Gasteiger partial charge in [-0.05, 0) is 44.2 Å². The van der Waals surface area contributed by atoms with Crippen molar-refractivity contribution in [2.75, 3.05) is 11.9 Å². The maximum atomic E-state index is 13.4. The Bertz CT molecular complexity index is 1390. The molecule has 0 bridgehead atoms. The number of anilines is 1. The lowest BCUT2D eigenvalue weighted by atomic mass is 10.1. The number of ether oxygens (including phenoxy) is 1. The number of aryl methyl sites for hydroxylation is 1. The highest BCUT2D eigenvalue weighted by atomic mass is 35.5. The number of nitrogens with zero attached hydrogens (tertiary/aromatic N) is 2. The number of esters is 1. The molecule has 9 heteroatoms. The molecule has 4 aromatic rings. The number of amides is 1. The minimum atomic E-state index is -0.664. The molecule has 0 unspecified atom stereocenters. The Morgan fingerprint density at radius 2 is 1.94 bits per heavy atom. The van der Waals surface area contributed by atoms with E-state index >= 15 is 0 Å². The number of benzene rings is 2.